The van der Waals surface area contributed by atoms with E-state index in [1.165, 1.54) is 0 Å². The van der Waals surface area contributed by atoms with Crippen LogP contribution in [-0.2, 0) is 9.47 Å². The molecule has 184 valence electrons. The summed E-state index contributed by atoms with van der Waals surface area (Å²) in [6.45, 7) is 16.5. The molecule has 2 heterocycles. The van der Waals surface area contributed by atoms with Gasteiger partial charge in [0.1, 0.15) is 13.2 Å². The van der Waals surface area contributed by atoms with Crippen molar-refractivity contribution in [2.75, 3.05) is 13.2 Å². The Morgan fingerprint density at radius 2 is 1.20 bits per heavy atom. The topological polar surface area (TPSA) is 43.2 Å². The molecule has 0 amide bonds. The van der Waals surface area contributed by atoms with Gasteiger partial charge in [-0.1, -0.05) is 75.7 Å². The summed E-state index contributed by atoms with van der Waals surface area (Å²) in [7, 11) is -1.03. The third kappa shape index (κ3) is 5.96. The van der Waals surface area contributed by atoms with E-state index in [1.54, 1.807) is 0 Å². The van der Waals surface area contributed by atoms with Gasteiger partial charge in [0.05, 0.1) is 12.1 Å². The highest BCUT2D eigenvalue weighted by molar-refractivity contribution is 7.77. The molecule has 2 aromatic rings. The highest BCUT2D eigenvalue weighted by atomic mass is 31.1. The maximum absolute atomic E-state index is 6.12. The molecule has 35 heavy (non-hydrogen) atoms. The maximum Gasteiger partial charge on any atom is 0.217 e. The van der Waals surface area contributed by atoms with Crippen LogP contribution in [0.1, 0.15) is 59.6 Å². The maximum atomic E-state index is 6.12. The number of nitrogens with zero attached hydrogens (tertiary/aromatic N) is 2. The molecule has 0 aromatic heterocycles. The Morgan fingerprint density at radius 1 is 0.771 bits per heavy atom. The van der Waals surface area contributed by atoms with Gasteiger partial charge in [0, 0.05) is 35.1 Å². The standard InChI is InChI=1S/C30H37N2O2P/c1-20(2)24-18-33-28(31-24)22-12-8-10-14-26(22)35(17-16-30(5,6)7)27-15-11-9-13-23(27)29-32-25(19-34-29)21(3)4/h8-15,20-21,24-25H,18-19H2,1-7H3/t24-,25-/m1/s1. The predicted octanol–water partition coefficient (Wildman–Crippen LogP) is 5.73. The molecule has 0 N–H and O–H groups in total. The van der Waals surface area contributed by atoms with Gasteiger partial charge in [-0.25, -0.2) is 9.98 Å². The first-order valence-corrected chi connectivity index (χ1v) is 13.9. The molecule has 0 fully saturated rings. The zero-order valence-electron chi connectivity index (χ0n) is 22.0. The molecule has 5 heteroatoms. The van der Waals surface area contributed by atoms with Crippen molar-refractivity contribution in [1.82, 2.24) is 0 Å². The van der Waals surface area contributed by atoms with Crippen molar-refractivity contribution in [3.63, 3.8) is 0 Å². The van der Waals surface area contributed by atoms with Gasteiger partial charge in [0.25, 0.3) is 0 Å². The number of rotatable bonds is 6. The molecule has 2 aromatic carbocycles. The molecule has 0 spiro atoms. The fourth-order valence-corrected chi connectivity index (χ4v) is 6.17. The van der Waals surface area contributed by atoms with Gasteiger partial charge < -0.3 is 9.47 Å². The second kappa shape index (κ2) is 10.5. The molecule has 2 aliphatic heterocycles. The molecule has 2 atom stereocenters. The van der Waals surface area contributed by atoms with Gasteiger partial charge in [0.15, 0.2) is 0 Å². The molecular formula is C30H37N2O2P. The van der Waals surface area contributed by atoms with Crippen LogP contribution in [0.4, 0.5) is 0 Å². The van der Waals surface area contributed by atoms with Crippen LogP contribution in [0.25, 0.3) is 0 Å². The normalized spacial score (nSPS) is 19.8. The van der Waals surface area contributed by atoms with Crippen molar-refractivity contribution in [1.29, 1.82) is 0 Å². The second-order valence-corrected chi connectivity index (χ2v) is 12.8. The lowest BCUT2D eigenvalue weighted by molar-refractivity contribution is 0.292. The van der Waals surface area contributed by atoms with Gasteiger partial charge in [-0.3, -0.25) is 0 Å². The molecule has 0 bridgehead atoms. The van der Waals surface area contributed by atoms with E-state index in [0.29, 0.717) is 25.0 Å². The first-order valence-electron chi connectivity index (χ1n) is 12.6. The van der Waals surface area contributed by atoms with Gasteiger partial charge in [0.2, 0.25) is 11.8 Å². The van der Waals surface area contributed by atoms with E-state index < -0.39 is 7.92 Å². The van der Waals surface area contributed by atoms with Crippen LogP contribution in [0.2, 0.25) is 0 Å². The van der Waals surface area contributed by atoms with Gasteiger partial charge in [-0.05, 0) is 44.7 Å². The Kier molecular flexibility index (Phi) is 7.67. The minimum atomic E-state index is -1.03. The highest BCUT2D eigenvalue weighted by Gasteiger charge is 2.30. The Bertz CT molecular complexity index is 1100. The number of hydrogen-bond donors (Lipinski definition) is 0. The predicted molar refractivity (Wildman–Crippen MR) is 149 cm³/mol. The van der Waals surface area contributed by atoms with E-state index in [1.807, 2.05) is 0 Å². The fraction of sp³-hybridized carbons (Fsp3) is 0.467. The van der Waals surface area contributed by atoms with Crippen LogP contribution in [-0.4, -0.2) is 37.1 Å². The molecule has 0 unspecified atom stereocenters. The van der Waals surface area contributed by atoms with Crippen molar-refractivity contribution in [3.05, 3.63) is 59.7 Å². The molecule has 0 saturated carbocycles. The van der Waals surface area contributed by atoms with Crippen LogP contribution >= 0.6 is 7.92 Å². The summed E-state index contributed by atoms with van der Waals surface area (Å²) in [4.78, 5) is 9.88. The molecule has 2 aliphatic rings. The summed E-state index contributed by atoms with van der Waals surface area (Å²) in [5.74, 6) is 5.87. The van der Waals surface area contributed by atoms with E-state index in [0.717, 1.165) is 33.5 Å². The summed E-state index contributed by atoms with van der Waals surface area (Å²) in [6.07, 6.45) is 0. The Labute approximate surface area is 212 Å². The molecule has 4 nitrogen and oxygen atoms in total. The quantitative estimate of drug-likeness (QED) is 0.385. The summed E-state index contributed by atoms with van der Waals surface area (Å²) in [5.41, 5.74) is 5.64. The van der Waals surface area contributed by atoms with Gasteiger partial charge in [-0.15, -0.1) is 0 Å². The summed E-state index contributed by atoms with van der Waals surface area (Å²) < 4.78 is 12.2. The number of aliphatic imine (C=N–C) groups is 2. The molecular weight excluding hydrogens is 451 g/mol. The zero-order valence-corrected chi connectivity index (χ0v) is 22.9. The number of ether oxygens (including phenoxy) is 2. The summed E-state index contributed by atoms with van der Waals surface area (Å²) in [6, 6.07) is 17.3. The van der Waals surface area contributed by atoms with Crippen molar-refractivity contribution in [2.24, 2.45) is 27.2 Å². The minimum absolute atomic E-state index is 0.112. The van der Waals surface area contributed by atoms with Crippen LogP contribution in [0.5, 0.6) is 0 Å². The zero-order chi connectivity index (χ0) is 25.2. The second-order valence-electron chi connectivity index (χ2n) is 11.0. The van der Waals surface area contributed by atoms with Gasteiger partial charge >= 0.3 is 0 Å². The van der Waals surface area contributed by atoms with Crippen molar-refractivity contribution >= 4 is 30.3 Å². The lowest BCUT2D eigenvalue weighted by atomic mass is 9.99. The largest absolute Gasteiger partial charge is 0.475 e. The Hall–Kier alpha value is -2.63. The summed E-state index contributed by atoms with van der Waals surface area (Å²) in [5, 5.41) is 2.32. The van der Waals surface area contributed by atoms with E-state index in [2.05, 4.69) is 109 Å². The third-order valence-corrected chi connectivity index (χ3v) is 8.26. The highest BCUT2D eigenvalue weighted by Crippen LogP contribution is 2.37. The van der Waals surface area contributed by atoms with Crippen LogP contribution in [0, 0.1) is 28.8 Å². The van der Waals surface area contributed by atoms with E-state index in [4.69, 9.17) is 19.5 Å². The SMILES string of the molecule is CC(C)[C@H]1COC(c2ccccc2P(C#CC(C)(C)C)c2ccccc2C2=N[C@@H](C(C)C)CO2)=N1. The van der Waals surface area contributed by atoms with E-state index in [-0.39, 0.29) is 17.5 Å². The molecule has 0 radical (unpaired) electrons. The molecule has 0 aliphatic carbocycles. The van der Waals surface area contributed by atoms with Crippen LogP contribution < -0.4 is 10.6 Å². The van der Waals surface area contributed by atoms with Crippen LogP contribution in [0.15, 0.2) is 58.5 Å². The Balaban J connectivity index is 1.85. The third-order valence-electron chi connectivity index (χ3n) is 6.18. The first kappa shape index (κ1) is 25.5. The lowest BCUT2D eigenvalue weighted by Crippen LogP contribution is -2.23. The fourth-order valence-electron chi connectivity index (χ4n) is 3.93. The van der Waals surface area contributed by atoms with E-state index in [9.17, 15) is 0 Å². The Morgan fingerprint density at radius 3 is 1.57 bits per heavy atom. The molecule has 4 rings (SSSR count). The van der Waals surface area contributed by atoms with E-state index >= 15 is 0 Å². The number of benzene rings is 2. The number of hydrogen-bond acceptors (Lipinski definition) is 4. The van der Waals surface area contributed by atoms with Crippen LogP contribution in [0.3, 0.4) is 0 Å². The van der Waals surface area contributed by atoms with Gasteiger partial charge in [-0.2, -0.15) is 0 Å². The van der Waals surface area contributed by atoms with Crippen molar-refractivity contribution in [2.45, 2.75) is 60.5 Å². The lowest BCUT2D eigenvalue weighted by Gasteiger charge is -2.20. The minimum Gasteiger partial charge on any atom is -0.475 e. The summed E-state index contributed by atoms with van der Waals surface area (Å²) >= 11 is 0. The first-order chi connectivity index (χ1) is 16.6. The smallest absolute Gasteiger partial charge is 0.217 e. The average molecular weight is 489 g/mol. The molecule has 0 saturated heterocycles. The average Bonchev–Trinajstić information content (AvgIpc) is 3.50. The monoisotopic (exact) mass is 488 g/mol. The van der Waals surface area contributed by atoms with Crippen molar-refractivity contribution < 1.29 is 9.47 Å². The van der Waals surface area contributed by atoms with Crippen molar-refractivity contribution in [3.8, 4) is 11.6 Å².